The maximum atomic E-state index is 14.9. The van der Waals surface area contributed by atoms with E-state index in [1.54, 1.807) is 42.5 Å². The number of nitrogens with zero attached hydrogens (tertiary/aromatic N) is 2. The van der Waals surface area contributed by atoms with Crippen molar-refractivity contribution in [3.05, 3.63) is 101 Å². The van der Waals surface area contributed by atoms with E-state index >= 15 is 0 Å². The van der Waals surface area contributed by atoms with Gasteiger partial charge in [0, 0.05) is 11.1 Å². The van der Waals surface area contributed by atoms with Crippen molar-refractivity contribution >= 4 is 44.1 Å². The Morgan fingerprint density at radius 2 is 1.61 bits per heavy atom. The Kier molecular flexibility index (Phi) is 4.60. The Labute approximate surface area is 180 Å². The summed E-state index contributed by atoms with van der Waals surface area (Å²) in [5, 5.41) is 11.2. The average molecular weight is 430 g/mol. The largest absolute Gasteiger partial charge is 0.507 e. The van der Waals surface area contributed by atoms with Crippen LogP contribution in [0, 0.1) is 5.82 Å². The number of Topliss-reactive ketones (excluding diaryl/α,β-unsaturated/α-hetero) is 1. The van der Waals surface area contributed by atoms with E-state index in [4.69, 9.17) is 0 Å². The van der Waals surface area contributed by atoms with Crippen LogP contribution in [0.15, 0.2) is 84.4 Å². The van der Waals surface area contributed by atoms with E-state index in [0.29, 0.717) is 11.1 Å². The molecule has 0 spiro atoms. The lowest BCUT2D eigenvalue weighted by atomic mass is 9.95. The minimum absolute atomic E-state index is 0.110. The van der Waals surface area contributed by atoms with Crippen LogP contribution in [0.2, 0.25) is 0 Å². The number of carbonyl (C=O) groups is 2. The Morgan fingerprint density at radius 3 is 2.35 bits per heavy atom. The van der Waals surface area contributed by atoms with Crippen molar-refractivity contribution in [2.75, 3.05) is 4.90 Å². The number of aliphatic hydroxyl groups excluding tert-OH is 1. The van der Waals surface area contributed by atoms with Gasteiger partial charge < -0.3 is 5.11 Å². The lowest BCUT2D eigenvalue weighted by Crippen LogP contribution is -2.29. The number of fused-ring (bicyclic) bond motifs is 1. The molecule has 3 aromatic carbocycles. The van der Waals surface area contributed by atoms with E-state index in [1.165, 1.54) is 34.4 Å². The van der Waals surface area contributed by atoms with E-state index in [1.807, 2.05) is 18.2 Å². The smallest absolute Gasteiger partial charge is 0.301 e. The highest BCUT2D eigenvalue weighted by molar-refractivity contribution is 7.22. The van der Waals surface area contributed by atoms with Crippen LogP contribution in [0.25, 0.3) is 16.0 Å². The third-order valence-corrected chi connectivity index (χ3v) is 6.22. The average Bonchev–Trinajstić information content (AvgIpc) is 3.33. The number of anilines is 1. The molecule has 1 unspecified atom stereocenters. The zero-order valence-electron chi connectivity index (χ0n) is 16.0. The molecule has 1 amide bonds. The zero-order valence-corrected chi connectivity index (χ0v) is 16.8. The van der Waals surface area contributed by atoms with Gasteiger partial charge in [0.2, 0.25) is 0 Å². The molecule has 5 rings (SSSR count). The second-order valence-electron chi connectivity index (χ2n) is 7.02. The summed E-state index contributed by atoms with van der Waals surface area (Å²) in [4.78, 5) is 31.8. The van der Waals surface area contributed by atoms with Gasteiger partial charge in [-0.3, -0.25) is 14.5 Å². The van der Waals surface area contributed by atoms with Gasteiger partial charge in [-0.1, -0.05) is 72.0 Å². The first kappa shape index (κ1) is 19.1. The molecule has 1 aliphatic heterocycles. The molecule has 0 radical (unpaired) electrons. The van der Waals surface area contributed by atoms with Crippen LogP contribution in [-0.2, 0) is 9.59 Å². The topological polar surface area (TPSA) is 70.5 Å². The Morgan fingerprint density at radius 1 is 0.935 bits per heavy atom. The summed E-state index contributed by atoms with van der Waals surface area (Å²) in [6.45, 7) is 0. The van der Waals surface area contributed by atoms with Crippen molar-refractivity contribution in [3.63, 3.8) is 0 Å². The molecule has 1 atom stereocenters. The van der Waals surface area contributed by atoms with Gasteiger partial charge in [-0.15, -0.1) is 0 Å². The number of ketones is 1. The number of hydrogen-bond donors (Lipinski definition) is 1. The standard InChI is InChI=1S/C24H15FN2O3S/c25-16-11-5-4-10-15(16)20-19(21(28)14-8-2-1-3-9-14)22(29)23(30)27(20)24-26-17-12-6-7-13-18(17)31-24/h1-13,20,28H/b21-19-. The number of rotatable bonds is 3. The first-order chi connectivity index (χ1) is 15.1. The monoisotopic (exact) mass is 430 g/mol. The van der Waals surface area contributed by atoms with Crippen molar-refractivity contribution in [2.45, 2.75) is 6.04 Å². The van der Waals surface area contributed by atoms with E-state index in [2.05, 4.69) is 4.98 Å². The van der Waals surface area contributed by atoms with Gasteiger partial charge in [0.05, 0.1) is 15.8 Å². The molecular formula is C24H15FN2O3S. The molecule has 4 aromatic rings. The van der Waals surface area contributed by atoms with E-state index in [-0.39, 0.29) is 22.0 Å². The van der Waals surface area contributed by atoms with E-state index < -0.39 is 23.5 Å². The first-order valence-corrected chi connectivity index (χ1v) is 10.3. The highest BCUT2D eigenvalue weighted by atomic mass is 32.1. The van der Waals surface area contributed by atoms with Gasteiger partial charge in [0.1, 0.15) is 17.6 Å². The number of aliphatic hydroxyl groups is 1. The number of thiazole rings is 1. The summed E-state index contributed by atoms with van der Waals surface area (Å²) in [7, 11) is 0. The maximum Gasteiger partial charge on any atom is 0.301 e. The predicted octanol–water partition coefficient (Wildman–Crippen LogP) is 5.06. The third kappa shape index (κ3) is 3.10. The Hall–Kier alpha value is -3.84. The third-order valence-electron chi connectivity index (χ3n) is 5.18. The fourth-order valence-corrected chi connectivity index (χ4v) is 4.73. The lowest BCUT2D eigenvalue weighted by molar-refractivity contribution is -0.132. The molecule has 0 saturated carbocycles. The van der Waals surface area contributed by atoms with Crippen molar-refractivity contribution in [2.24, 2.45) is 0 Å². The summed E-state index contributed by atoms with van der Waals surface area (Å²) in [5.41, 5.74) is 0.977. The molecule has 1 saturated heterocycles. The fourth-order valence-electron chi connectivity index (χ4n) is 3.74. The van der Waals surface area contributed by atoms with Gasteiger partial charge in [0.25, 0.3) is 5.78 Å². The Bertz CT molecular complexity index is 1330. The number of halogens is 1. The molecule has 152 valence electrons. The molecule has 5 nitrogen and oxygen atoms in total. The predicted molar refractivity (Wildman–Crippen MR) is 117 cm³/mol. The van der Waals surface area contributed by atoms with Gasteiger partial charge in [-0.25, -0.2) is 9.37 Å². The van der Waals surface area contributed by atoms with Crippen LogP contribution >= 0.6 is 11.3 Å². The van der Waals surface area contributed by atoms with Crippen LogP contribution in [-0.4, -0.2) is 21.8 Å². The van der Waals surface area contributed by atoms with Crippen LogP contribution in [0.5, 0.6) is 0 Å². The highest BCUT2D eigenvalue weighted by Crippen LogP contribution is 2.44. The van der Waals surface area contributed by atoms with Gasteiger partial charge in [-0.2, -0.15) is 0 Å². The number of aromatic nitrogens is 1. The first-order valence-electron chi connectivity index (χ1n) is 9.52. The Balaban J connectivity index is 1.77. The summed E-state index contributed by atoms with van der Waals surface area (Å²) in [6, 6.07) is 20.5. The molecule has 0 aliphatic carbocycles. The summed E-state index contributed by atoms with van der Waals surface area (Å²) in [5.74, 6) is -2.67. The van der Waals surface area contributed by atoms with Crippen LogP contribution < -0.4 is 4.90 Å². The lowest BCUT2D eigenvalue weighted by Gasteiger charge is -2.23. The van der Waals surface area contributed by atoms with Crippen LogP contribution in [0.3, 0.4) is 0 Å². The second-order valence-corrected chi connectivity index (χ2v) is 8.03. The van der Waals surface area contributed by atoms with Crippen molar-refractivity contribution in [1.29, 1.82) is 0 Å². The number of benzene rings is 3. The van der Waals surface area contributed by atoms with Crippen LogP contribution in [0.4, 0.5) is 9.52 Å². The summed E-state index contributed by atoms with van der Waals surface area (Å²) in [6.07, 6.45) is 0. The highest BCUT2D eigenvalue weighted by Gasteiger charge is 2.49. The quantitative estimate of drug-likeness (QED) is 0.280. The van der Waals surface area contributed by atoms with Crippen molar-refractivity contribution in [1.82, 2.24) is 4.98 Å². The SMILES string of the molecule is O=C1C(=O)N(c2nc3ccccc3s2)C(c2ccccc2F)/C1=C(/O)c1ccccc1. The molecule has 7 heteroatoms. The van der Waals surface area contributed by atoms with E-state index in [0.717, 1.165) is 4.70 Å². The number of carbonyl (C=O) groups excluding carboxylic acids is 2. The van der Waals surface area contributed by atoms with Gasteiger partial charge in [0.15, 0.2) is 5.13 Å². The fraction of sp³-hybridized carbons (Fsp3) is 0.0417. The number of para-hydroxylation sites is 1. The number of hydrogen-bond acceptors (Lipinski definition) is 5. The molecule has 0 bridgehead atoms. The second kappa shape index (κ2) is 7.45. The van der Waals surface area contributed by atoms with Gasteiger partial charge in [-0.05, 0) is 18.2 Å². The normalized spacial score (nSPS) is 18.1. The molecule has 1 aromatic heterocycles. The minimum atomic E-state index is -1.14. The molecule has 1 aliphatic rings. The maximum absolute atomic E-state index is 14.9. The van der Waals surface area contributed by atoms with Crippen LogP contribution in [0.1, 0.15) is 17.2 Å². The summed E-state index contributed by atoms with van der Waals surface area (Å²) >= 11 is 1.23. The summed E-state index contributed by atoms with van der Waals surface area (Å²) < 4.78 is 15.7. The minimum Gasteiger partial charge on any atom is -0.507 e. The van der Waals surface area contributed by atoms with Crippen molar-refractivity contribution < 1.29 is 19.1 Å². The molecule has 1 N–H and O–H groups in total. The molecule has 2 heterocycles. The van der Waals surface area contributed by atoms with E-state index in [9.17, 15) is 19.1 Å². The zero-order chi connectivity index (χ0) is 21.5. The molecule has 1 fully saturated rings. The number of amides is 1. The molecular weight excluding hydrogens is 415 g/mol. The molecule has 31 heavy (non-hydrogen) atoms. The van der Waals surface area contributed by atoms with Gasteiger partial charge >= 0.3 is 5.91 Å². The van der Waals surface area contributed by atoms with Crippen molar-refractivity contribution in [3.8, 4) is 0 Å².